The van der Waals surface area contributed by atoms with Gasteiger partial charge in [0.1, 0.15) is 29.0 Å². The van der Waals surface area contributed by atoms with Gasteiger partial charge in [-0.3, -0.25) is 19.1 Å². The van der Waals surface area contributed by atoms with Gasteiger partial charge in [0, 0.05) is 23.3 Å². The number of sulfonamides is 1. The summed E-state index contributed by atoms with van der Waals surface area (Å²) in [4.78, 5) is 62.1. The summed E-state index contributed by atoms with van der Waals surface area (Å²) in [7, 11) is -3.97. The van der Waals surface area contributed by atoms with E-state index in [2.05, 4.69) is 15.4 Å². The fourth-order valence-corrected chi connectivity index (χ4v) is 9.34. The summed E-state index contributed by atoms with van der Waals surface area (Å²) in [5.74, 6) is -1.57. The molecule has 0 bridgehead atoms. The number of aromatic nitrogens is 1. The molecule has 0 radical (unpaired) electrons. The standard InChI is InChI=1S/C38H49N5O8S/c1-23(2)50-35(47)40-29-15-9-7-5-6-8-12-25-20-38(25,34(46)42-52(48,49)36(4)18-19-36)41-32(44)30-21-37(22-43(30)33(29)45)17-16-27-26-13-10-11-14-28(26)39-24(3)31(27)51-37/h8,10-14,23,25,29-30H,5-7,9,15-22H2,1-4H3,(H,40,47)(H,41,44)(H,42,46)/b12-8-/t25-,29+,30+,37-,38-/m1/s1. The summed E-state index contributed by atoms with van der Waals surface area (Å²) in [5, 5.41) is 6.70. The Balaban J connectivity index is 1.23. The number of rotatable bonds is 5. The van der Waals surface area contributed by atoms with Crippen molar-refractivity contribution in [2.24, 2.45) is 5.92 Å². The molecule has 7 rings (SSSR count). The van der Waals surface area contributed by atoms with Crippen molar-refractivity contribution in [2.75, 3.05) is 6.54 Å². The first-order valence-electron chi connectivity index (χ1n) is 18.6. The quantitative estimate of drug-likeness (QED) is 0.382. The summed E-state index contributed by atoms with van der Waals surface area (Å²) < 4.78 is 39.8. The van der Waals surface area contributed by atoms with Crippen molar-refractivity contribution < 1.29 is 37.1 Å². The first-order valence-corrected chi connectivity index (χ1v) is 20.0. The van der Waals surface area contributed by atoms with E-state index in [1.165, 1.54) is 4.90 Å². The number of carbonyl (C=O) groups excluding carboxylic acids is 4. The molecule has 14 heteroatoms. The van der Waals surface area contributed by atoms with E-state index in [0.717, 1.165) is 29.3 Å². The van der Waals surface area contributed by atoms with Gasteiger partial charge in [0.2, 0.25) is 21.8 Å². The SMILES string of the molecule is Cc1nc2ccccc2c2c1O[C@]1(CC2)C[C@H]2C(=O)N[C@]3(C(=O)NS(=O)(=O)C4(C)CC4)C[C@H]3/C=C\CCCCC[C@H](NC(=O)OC(C)C)C(=O)N2C1. The van der Waals surface area contributed by atoms with Gasteiger partial charge in [-0.2, -0.15) is 0 Å². The molecule has 5 atom stereocenters. The van der Waals surface area contributed by atoms with Crippen LogP contribution < -0.4 is 20.1 Å². The van der Waals surface area contributed by atoms with E-state index in [4.69, 9.17) is 14.5 Å². The number of amides is 4. The third-order valence-corrected chi connectivity index (χ3v) is 13.7. The zero-order chi connectivity index (χ0) is 37.1. The number of benzene rings is 1. The molecule has 2 saturated carbocycles. The zero-order valence-electron chi connectivity index (χ0n) is 30.3. The average Bonchev–Trinajstić information content (AvgIpc) is 3.98. The number of allylic oxidation sites excluding steroid dienone is 1. The van der Waals surface area contributed by atoms with E-state index in [1.807, 2.05) is 43.3 Å². The Hall–Kier alpha value is -4.20. The van der Waals surface area contributed by atoms with Crippen molar-refractivity contribution in [2.45, 2.75) is 132 Å². The van der Waals surface area contributed by atoms with E-state index in [0.29, 0.717) is 56.4 Å². The molecule has 52 heavy (non-hydrogen) atoms. The van der Waals surface area contributed by atoms with E-state index in [9.17, 15) is 27.6 Å². The maximum absolute atomic E-state index is 14.6. The highest BCUT2D eigenvalue weighted by molar-refractivity contribution is 7.91. The zero-order valence-corrected chi connectivity index (χ0v) is 31.1. The van der Waals surface area contributed by atoms with E-state index >= 15 is 0 Å². The maximum atomic E-state index is 14.6. The van der Waals surface area contributed by atoms with Crippen molar-refractivity contribution >= 4 is 44.7 Å². The van der Waals surface area contributed by atoms with Crippen LogP contribution in [0.5, 0.6) is 5.75 Å². The van der Waals surface area contributed by atoms with Crippen LogP contribution in [0, 0.1) is 12.8 Å². The molecule has 3 N–H and O–H groups in total. The van der Waals surface area contributed by atoms with Gasteiger partial charge >= 0.3 is 6.09 Å². The Morgan fingerprint density at radius 3 is 2.62 bits per heavy atom. The lowest BCUT2D eigenvalue weighted by atomic mass is 9.87. The van der Waals surface area contributed by atoms with Crippen LogP contribution in [-0.4, -0.2) is 82.7 Å². The first kappa shape index (κ1) is 36.2. The normalized spacial score (nSPS) is 30.5. The van der Waals surface area contributed by atoms with Gasteiger partial charge in [-0.1, -0.05) is 43.2 Å². The Labute approximate surface area is 304 Å². The van der Waals surface area contributed by atoms with Crippen LogP contribution in [0.4, 0.5) is 4.79 Å². The number of aryl methyl sites for hydroxylation is 2. The third kappa shape index (κ3) is 6.74. The number of hydrogen-bond donors (Lipinski definition) is 3. The second kappa shape index (κ2) is 13.3. The number of nitrogens with one attached hydrogen (secondary N) is 3. The lowest BCUT2D eigenvalue weighted by Crippen LogP contribution is -2.58. The van der Waals surface area contributed by atoms with Crippen LogP contribution in [0.1, 0.15) is 96.2 Å². The van der Waals surface area contributed by atoms with Crippen LogP contribution in [0.25, 0.3) is 10.9 Å². The molecule has 1 aromatic heterocycles. The maximum Gasteiger partial charge on any atom is 0.408 e. The predicted octanol–water partition coefficient (Wildman–Crippen LogP) is 4.10. The van der Waals surface area contributed by atoms with Crippen molar-refractivity contribution in [3.05, 3.63) is 47.7 Å². The van der Waals surface area contributed by atoms with Crippen LogP contribution in [-0.2, 0) is 35.6 Å². The van der Waals surface area contributed by atoms with Gasteiger partial charge in [-0.05, 0) is 85.1 Å². The van der Waals surface area contributed by atoms with Crippen molar-refractivity contribution in [3.8, 4) is 5.75 Å². The van der Waals surface area contributed by atoms with Crippen LogP contribution >= 0.6 is 0 Å². The fraction of sp³-hybridized carbons (Fsp3) is 0.605. The molecule has 2 aliphatic carbocycles. The summed E-state index contributed by atoms with van der Waals surface area (Å²) in [6.45, 7) is 7.01. The molecule has 1 saturated heterocycles. The van der Waals surface area contributed by atoms with Crippen LogP contribution in [0.2, 0.25) is 0 Å². The average molecular weight is 736 g/mol. The van der Waals surface area contributed by atoms with Gasteiger partial charge < -0.3 is 25.0 Å². The number of pyridine rings is 1. The number of carbonyl (C=O) groups is 4. The molecule has 5 aliphatic rings. The number of ether oxygens (including phenoxy) is 2. The number of alkyl carbamates (subject to hydrolysis) is 1. The molecule has 280 valence electrons. The van der Waals surface area contributed by atoms with Gasteiger partial charge in [-0.15, -0.1) is 0 Å². The van der Waals surface area contributed by atoms with E-state index in [-0.39, 0.29) is 19.4 Å². The lowest BCUT2D eigenvalue weighted by molar-refractivity contribution is -0.141. The molecular formula is C38H49N5O8S. The molecule has 1 spiro atoms. The first-order chi connectivity index (χ1) is 24.7. The van der Waals surface area contributed by atoms with Gasteiger partial charge in [0.05, 0.1) is 28.6 Å². The minimum atomic E-state index is -3.97. The lowest BCUT2D eigenvalue weighted by Gasteiger charge is -2.36. The monoisotopic (exact) mass is 735 g/mol. The van der Waals surface area contributed by atoms with Crippen molar-refractivity contribution in [3.63, 3.8) is 0 Å². The Morgan fingerprint density at radius 2 is 1.87 bits per heavy atom. The molecule has 3 fully saturated rings. The summed E-state index contributed by atoms with van der Waals surface area (Å²) in [5.41, 5.74) is 0.158. The van der Waals surface area contributed by atoms with Gasteiger partial charge in [-0.25, -0.2) is 18.2 Å². The second-order valence-electron chi connectivity index (χ2n) is 15.9. The predicted molar refractivity (Wildman–Crippen MR) is 193 cm³/mol. The van der Waals surface area contributed by atoms with E-state index < -0.39 is 73.8 Å². The summed E-state index contributed by atoms with van der Waals surface area (Å²) in [6.07, 6.45) is 8.44. The highest BCUT2D eigenvalue weighted by atomic mass is 32.2. The summed E-state index contributed by atoms with van der Waals surface area (Å²) >= 11 is 0. The molecule has 3 aliphatic heterocycles. The number of hydrogen-bond acceptors (Lipinski definition) is 9. The van der Waals surface area contributed by atoms with Crippen LogP contribution in [0.15, 0.2) is 36.4 Å². The minimum Gasteiger partial charge on any atom is -0.483 e. The molecule has 13 nitrogen and oxygen atoms in total. The number of para-hydroxylation sites is 1. The van der Waals surface area contributed by atoms with Crippen molar-refractivity contribution in [1.82, 2.24) is 25.2 Å². The fourth-order valence-electron chi connectivity index (χ4n) is 8.03. The molecule has 1 aromatic carbocycles. The summed E-state index contributed by atoms with van der Waals surface area (Å²) in [6, 6.07) is 5.84. The smallest absolute Gasteiger partial charge is 0.408 e. The Kier molecular flexibility index (Phi) is 9.28. The van der Waals surface area contributed by atoms with E-state index in [1.54, 1.807) is 20.8 Å². The van der Waals surface area contributed by atoms with Gasteiger partial charge in [0.25, 0.3) is 5.91 Å². The second-order valence-corrected chi connectivity index (χ2v) is 18.1. The minimum absolute atomic E-state index is 0.0717. The van der Waals surface area contributed by atoms with Crippen molar-refractivity contribution in [1.29, 1.82) is 0 Å². The highest BCUT2D eigenvalue weighted by Gasteiger charge is 2.64. The number of fused-ring (bicyclic) bond motifs is 5. The third-order valence-electron chi connectivity index (χ3n) is 11.5. The molecule has 0 unspecified atom stereocenters. The number of nitrogens with zero attached hydrogens (tertiary/aromatic N) is 2. The highest BCUT2D eigenvalue weighted by Crippen LogP contribution is 2.49. The topological polar surface area (TPSA) is 173 Å². The molecular weight excluding hydrogens is 687 g/mol. The molecule has 4 heterocycles. The Morgan fingerprint density at radius 1 is 1.10 bits per heavy atom. The van der Waals surface area contributed by atoms with Crippen LogP contribution in [0.3, 0.4) is 0 Å². The largest absolute Gasteiger partial charge is 0.483 e. The Bertz CT molecular complexity index is 1940. The van der Waals surface area contributed by atoms with Gasteiger partial charge in [0.15, 0.2) is 0 Å². The molecule has 2 aromatic rings. The molecule has 4 amide bonds.